The summed E-state index contributed by atoms with van der Waals surface area (Å²) in [5.74, 6) is 0.606. The fraction of sp³-hybridized carbons (Fsp3) is 0.0435. The molecule has 0 unspecified atom stereocenters. The molecule has 0 spiro atoms. The number of para-hydroxylation sites is 1. The number of nitrogens with zero attached hydrogens (tertiary/aromatic N) is 2. The number of aromatic hydroxyl groups is 1. The molecule has 0 atom stereocenters. The van der Waals surface area contributed by atoms with Crippen molar-refractivity contribution in [3.63, 3.8) is 0 Å². The molecule has 0 amide bonds. The van der Waals surface area contributed by atoms with Crippen LogP contribution in [-0.2, 0) is 0 Å². The van der Waals surface area contributed by atoms with E-state index in [4.69, 9.17) is 0 Å². The molecule has 0 bridgehead atoms. The Balaban J connectivity index is 1.97. The Morgan fingerprint density at radius 2 is 1.70 bits per heavy atom. The van der Waals surface area contributed by atoms with Crippen molar-refractivity contribution in [2.24, 2.45) is 0 Å². The van der Waals surface area contributed by atoms with Crippen LogP contribution < -0.4 is 5.56 Å². The summed E-state index contributed by atoms with van der Waals surface area (Å²) in [4.78, 5) is 17.8. The lowest BCUT2D eigenvalue weighted by atomic mass is 10.1. The lowest BCUT2D eigenvalue weighted by Crippen LogP contribution is -2.22. The number of aromatic nitrogens is 2. The van der Waals surface area contributed by atoms with Crippen LogP contribution in [0.25, 0.3) is 28.7 Å². The number of rotatable bonds is 3. The number of fused-ring (bicyclic) bond motifs is 1. The average molecular weight is 354 g/mol. The highest BCUT2D eigenvalue weighted by Gasteiger charge is 2.11. The van der Waals surface area contributed by atoms with Crippen LogP contribution in [0.5, 0.6) is 5.75 Å². The summed E-state index contributed by atoms with van der Waals surface area (Å²) in [7, 11) is 0. The molecule has 0 fully saturated rings. The van der Waals surface area contributed by atoms with Crippen molar-refractivity contribution in [3.8, 4) is 11.4 Å². The van der Waals surface area contributed by atoms with Crippen LogP contribution in [0, 0.1) is 6.92 Å². The first-order chi connectivity index (χ1) is 13.1. The molecule has 132 valence electrons. The highest BCUT2D eigenvalue weighted by atomic mass is 16.3. The first kappa shape index (κ1) is 16.8. The van der Waals surface area contributed by atoms with E-state index in [1.165, 1.54) is 4.57 Å². The van der Waals surface area contributed by atoms with E-state index in [1.807, 2.05) is 61.5 Å². The molecule has 0 radical (unpaired) electrons. The van der Waals surface area contributed by atoms with E-state index < -0.39 is 0 Å². The highest BCUT2D eigenvalue weighted by Crippen LogP contribution is 2.19. The summed E-state index contributed by atoms with van der Waals surface area (Å²) in [5.41, 5.74) is 3.24. The predicted octanol–water partition coefficient (Wildman–Crippen LogP) is 4.57. The monoisotopic (exact) mass is 354 g/mol. The van der Waals surface area contributed by atoms with E-state index in [-0.39, 0.29) is 11.3 Å². The molecule has 27 heavy (non-hydrogen) atoms. The molecule has 4 rings (SSSR count). The van der Waals surface area contributed by atoms with Gasteiger partial charge in [0.1, 0.15) is 11.6 Å². The maximum Gasteiger partial charge on any atom is 0.266 e. The zero-order valence-corrected chi connectivity index (χ0v) is 14.8. The Bertz CT molecular complexity index is 1220. The van der Waals surface area contributed by atoms with Gasteiger partial charge in [-0.3, -0.25) is 9.36 Å². The summed E-state index contributed by atoms with van der Waals surface area (Å²) in [6.07, 6.45) is 3.78. The van der Waals surface area contributed by atoms with E-state index in [0.717, 1.165) is 11.1 Å². The second-order valence-electron chi connectivity index (χ2n) is 6.34. The lowest BCUT2D eigenvalue weighted by Gasteiger charge is -2.12. The van der Waals surface area contributed by atoms with Crippen molar-refractivity contribution in [3.05, 3.63) is 100 Å². The Morgan fingerprint density at radius 3 is 2.52 bits per heavy atom. The summed E-state index contributed by atoms with van der Waals surface area (Å²) < 4.78 is 1.52. The van der Waals surface area contributed by atoms with Crippen LogP contribution in [0.2, 0.25) is 0 Å². The van der Waals surface area contributed by atoms with E-state index in [0.29, 0.717) is 22.4 Å². The Kier molecular flexibility index (Phi) is 4.30. The van der Waals surface area contributed by atoms with Crippen LogP contribution >= 0.6 is 0 Å². The van der Waals surface area contributed by atoms with Crippen LogP contribution in [0.4, 0.5) is 0 Å². The van der Waals surface area contributed by atoms with Gasteiger partial charge in [-0.15, -0.1) is 0 Å². The average Bonchev–Trinajstić information content (AvgIpc) is 2.67. The standard InChI is InChI=1S/C23H18N2O2/c1-16-7-2-3-8-17(16)13-14-22-24-21-12-5-4-11-20(21)23(27)25(22)18-9-6-10-19(26)15-18/h2-15,26H,1H3. The zero-order valence-electron chi connectivity index (χ0n) is 14.8. The Morgan fingerprint density at radius 1 is 0.926 bits per heavy atom. The van der Waals surface area contributed by atoms with E-state index >= 15 is 0 Å². The topological polar surface area (TPSA) is 55.1 Å². The summed E-state index contributed by atoms with van der Waals surface area (Å²) in [5, 5.41) is 10.4. The zero-order chi connectivity index (χ0) is 18.8. The minimum Gasteiger partial charge on any atom is -0.508 e. The molecule has 1 N–H and O–H groups in total. The third-order valence-electron chi connectivity index (χ3n) is 4.49. The Labute approximate surface area is 156 Å². The van der Waals surface area contributed by atoms with Gasteiger partial charge in [0.2, 0.25) is 0 Å². The number of hydrogen-bond acceptors (Lipinski definition) is 3. The quantitative estimate of drug-likeness (QED) is 0.586. The van der Waals surface area contributed by atoms with Crippen molar-refractivity contribution >= 4 is 23.1 Å². The van der Waals surface area contributed by atoms with Crippen molar-refractivity contribution < 1.29 is 5.11 Å². The van der Waals surface area contributed by atoms with Gasteiger partial charge >= 0.3 is 0 Å². The minimum atomic E-state index is -0.171. The van der Waals surface area contributed by atoms with Crippen LogP contribution in [0.3, 0.4) is 0 Å². The highest BCUT2D eigenvalue weighted by molar-refractivity contribution is 5.80. The molecular weight excluding hydrogens is 336 g/mol. The molecule has 1 aromatic heterocycles. The first-order valence-electron chi connectivity index (χ1n) is 8.68. The van der Waals surface area contributed by atoms with Gasteiger partial charge in [-0.1, -0.05) is 48.5 Å². The first-order valence-corrected chi connectivity index (χ1v) is 8.68. The van der Waals surface area contributed by atoms with Gasteiger partial charge in [-0.2, -0.15) is 0 Å². The number of phenols is 1. The third-order valence-corrected chi connectivity index (χ3v) is 4.49. The second-order valence-corrected chi connectivity index (χ2v) is 6.34. The molecule has 0 aliphatic carbocycles. The van der Waals surface area contributed by atoms with Gasteiger partial charge in [0, 0.05) is 6.07 Å². The van der Waals surface area contributed by atoms with Crippen LogP contribution in [0.15, 0.2) is 77.6 Å². The van der Waals surface area contributed by atoms with Crippen molar-refractivity contribution in [2.75, 3.05) is 0 Å². The second kappa shape index (κ2) is 6.92. The van der Waals surface area contributed by atoms with Crippen molar-refractivity contribution in [1.82, 2.24) is 9.55 Å². The fourth-order valence-corrected chi connectivity index (χ4v) is 3.08. The molecule has 4 aromatic rings. The van der Waals surface area contributed by atoms with E-state index in [1.54, 1.807) is 30.3 Å². The summed E-state index contributed by atoms with van der Waals surface area (Å²) >= 11 is 0. The molecule has 4 heteroatoms. The number of benzene rings is 3. The number of phenolic OH excluding ortho intramolecular Hbond substituents is 1. The maximum atomic E-state index is 13.1. The molecule has 0 aliphatic rings. The Hall–Kier alpha value is -3.66. The van der Waals surface area contributed by atoms with Gasteiger partial charge in [0.05, 0.1) is 16.6 Å². The van der Waals surface area contributed by atoms with Crippen molar-refractivity contribution in [1.29, 1.82) is 0 Å². The SMILES string of the molecule is Cc1ccccc1C=Cc1nc2ccccc2c(=O)n1-c1cccc(O)c1. The molecule has 0 saturated heterocycles. The summed E-state index contributed by atoms with van der Waals surface area (Å²) in [6, 6.07) is 21.9. The summed E-state index contributed by atoms with van der Waals surface area (Å²) in [6.45, 7) is 2.04. The number of hydrogen-bond donors (Lipinski definition) is 1. The van der Waals surface area contributed by atoms with E-state index in [9.17, 15) is 9.90 Å². The normalized spacial score (nSPS) is 11.3. The molecular formula is C23H18N2O2. The van der Waals surface area contributed by atoms with Crippen molar-refractivity contribution in [2.45, 2.75) is 6.92 Å². The van der Waals surface area contributed by atoms with Crippen LogP contribution in [-0.4, -0.2) is 14.7 Å². The van der Waals surface area contributed by atoms with Gasteiger partial charge < -0.3 is 5.11 Å². The van der Waals surface area contributed by atoms with Crippen LogP contribution in [0.1, 0.15) is 17.0 Å². The number of aryl methyl sites for hydroxylation is 1. The molecule has 0 saturated carbocycles. The lowest BCUT2D eigenvalue weighted by molar-refractivity contribution is 0.475. The largest absolute Gasteiger partial charge is 0.508 e. The van der Waals surface area contributed by atoms with Gasteiger partial charge in [-0.05, 0) is 48.4 Å². The smallest absolute Gasteiger partial charge is 0.266 e. The maximum absolute atomic E-state index is 13.1. The minimum absolute atomic E-state index is 0.0985. The fourth-order valence-electron chi connectivity index (χ4n) is 3.08. The molecule has 0 aliphatic heterocycles. The molecule has 3 aromatic carbocycles. The van der Waals surface area contributed by atoms with E-state index in [2.05, 4.69) is 4.98 Å². The van der Waals surface area contributed by atoms with Gasteiger partial charge in [-0.25, -0.2) is 4.98 Å². The molecule has 4 nitrogen and oxygen atoms in total. The van der Waals surface area contributed by atoms with Gasteiger partial charge in [0.15, 0.2) is 0 Å². The predicted molar refractivity (Wildman–Crippen MR) is 109 cm³/mol. The molecule has 1 heterocycles. The van der Waals surface area contributed by atoms with Gasteiger partial charge in [0.25, 0.3) is 5.56 Å². The third kappa shape index (κ3) is 3.25.